The van der Waals surface area contributed by atoms with Gasteiger partial charge in [0.15, 0.2) is 5.82 Å². The zero-order valence-electron chi connectivity index (χ0n) is 11.1. The maximum Gasteiger partial charge on any atom is 0.257 e. The van der Waals surface area contributed by atoms with E-state index in [-0.39, 0.29) is 5.91 Å². The molecule has 1 saturated carbocycles. The minimum atomic E-state index is -0.267. The Hall–Kier alpha value is -2.37. The highest BCUT2D eigenvalue weighted by Gasteiger charge is 2.22. The predicted octanol–water partition coefficient (Wildman–Crippen LogP) is 2.42. The SMILES string of the molecule is Cc1cc(NC(=O)c2ccnc(OCC3CC3)c2)no1. The Morgan fingerprint density at radius 3 is 3.05 bits per heavy atom. The molecular formula is C14H15N3O3. The average Bonchev–Trinajstić information content (AvgIpc) is 3.19. The molecule has 0 saturated heterocycles. The van der Waals surface area contributed by atoms with Gasteiger partial charge in [-0.15, -0.1) is 0 Å². The predicted molar refractivity (Wildman–Crippen MR) is 71.6 cm³/mol. The van der Waals surface area contributed by atoms with Gasteiger partial charge in [0.1, 0.15) is 5.76 Å². The smallest absolute Gasteiger partial charge is 0.257 e. The van der Waals surface area contributed by atoms with E-state index in [9.17, 15) is 4.79 Å². The van der Waals surface area contributed by atoms with Gasteiger partial charge in [0, 0.05) is 23.9 Å². The Morgan fingerprint density at radius 2 is 2.35 bits per heavy atom. The fourth-order valence-electron chi connectivity index (χ4n) is 1.73. The molecule has 2 aromatic heterocycles. The highest BCUT2D eigenvalue weighted by Crippen LogP contribution is 2.29. The van der Waals surface area contributed by atoms with Crippen molar-refractivity contribution in [2.45, 2.75) is 19.8 Å². The van der Waals surface area contributed by atoms with Crippen molar-refractivity contribution in [3.05, 3.63) is 35.7 Å². The van der Waals surface area contributed by atoms with E-state index in [0.29, 0.717) is 35.5 Å². The second-order valence-electron chi connectivity index (χ2n) is 4.91. The molecule has 0 unspecified atom stereocenters. The van der Waals surface area contributed by atoms with Gasteiger partial charge in [0.05, 0.1) is 6.61 Å². The molecule has 0 aliphatic heterocycles. The molecule has 104 valence electrons. The summed E-state index contributed by atoms with van der Waals surface area (Å²) in [7, 11) is 0. The molecule has 2 heterocycles. The maximum atomic E-state index is 12.0. The number of rotatable bonds is 5. The topological polar surface area (TPSA) is 77.2 Å². The molecule has 0 bridgehead atoms. The van der Waals surface area contributed by atoms with Gasteiger partial charge in [-0.2, -0.15) is 0 Å². The molecule has 6 nitrogen and oxygen atoms in total. The second-order valence-corrected chi connectivity index (χ2v) is 4.91. The number of amides is 1. The zero-order valence-corrected chi connectivity index (χ0v) is 11.1. The van der Waals surface area contributed by atoms with Crippen molar-refractivity contribution in [2.24, 2.45) is 5.92 Å². The quantitative estimate of drug-likeness (QED) is 0.905. The van der Waals surface area contributed by atoms with E-state index in [0.717, 1.165) is 0 Å². The summed E-state index contributed by atoms with van der Waals surface area (Å²) in [6, 6.07) is 4.92. The molecule has 1 fully saturated rings. The Bertz CT molecular complexity index is 620. The Balaban J connectivity index is 1.65. The number of aromatic nitrogens is 2. The van der Waals surface area contributed by atoms with Crippen molar-refractivity contribution in [1.29, 1.82) is 0 Å². The fourth-order valence-corrected chi connectivity index (χ4v) is 1.73. The van der Waals surface area contributed by atoms with Gasteiger partial charge in [-0.3, -0.25) is 4.79 Å². The number of hydrogen-bond donors (Lipinski definition) is 1. The molecule has 3 rings (SSSR count). The summed E-state index contributed by atoms with van der Waals surface area (Å²) >= 11 is 0. The van der Waals surface area contributed by atoms with E-state index in [2.05, 4.69) is 15.5 Å². The number of nitrogens with one attached hydrogen (secondary N) is 1. The first kappa shape index (κ1) is 12.7. The molecule has 0 atom stereocenters. The van der Waals surface area contributed by atoms with Crippen LogP contribution in [0.15, 0.2) is 28.9 Å². The molecule has 1 amide bonds. The second kappa shape index (κ2) is 5.32. The Labute approximate surface area is 116 Å². The molecule has 1 aliphatic carbocycles. The van der Waals surface area contributed by atoms with E-state index >= 15 is 0 Å². The third-order valence-corrected chi connectivity index (χ3v) is 3.03. The highest BCUT2D eigenvalue weighted by molar-refractivity contribution is 6.03. The standard InChI is InChI=1S/C14H15N3O3/c1-9-6-12(17-20-9)16-14(18)11-4-5-15-13(7-11)19-8-10-2-3-10/h4-7,10H,2-3,8H2,1H3,(H,16,17,18). The molecule has 1 aliphatic rings. The molecule has 0 radical (unpaired) electrons. The number of carbonyl (C=O) groups is 1. The van der Waals surface area contributed by atoms with Gasteiger partial charge in [-0.1, -0.05) is 5.16 Å². The summed E-state index contributed by atoms with van der Waals surface area (Å²) in [4.78, 5) is 16.1. The van der Waals surface area contributed by atoms with Crippen LogP contribution in [-0.2, 0) is 0 Å². The van der Waals surface area contributed by atoms with Crippen molar-refractivity contribution >= 4 is 11.7 Å². The monoisotopic (exact) mass is 273 g/mol. The summed E-state index contributed by atoms with van der Waals surface area (Å²) < 4.78 is 10.4. The van der Waals surface area contributed by atoms with Gasteiger partial charge in [-0.05, 0) is 31.7 Å². The lowest BCUT2D eigenvalue weighted by atomic mass is 10.2. The van der Waals surface area contributed by atoms with Crippen LogP contribution in [0.2, 0.25) is 0 Å². The first-order valence-electron chi connectivity index (χ1n) is 6.54. The largest absolute Gasteiger partial charge is 0.477 e. The van der Waals surface area contributed by atoms with Crippen LogP contribution >= 0.6 is 0 Å². The Morgan fingerprint density at radius 1 is 1.50 bits per heavy atom. The van der Waals surface area contributed by atoms with Gasteiger partial charge < -0.3 is 14.6 Å². The number of ether oxygens (including phenoxy) is 1. The van der Waals surface area contributed by atoms with Crippen molar-refractivity contribution in [3.63, 3.8) is 0 Å². The third kappa shape index (κ3) is 3.14. The van der Waals surface area contributed by atoms with Gasteiger partial charge >= 0.3 is 0 Å². The van der Waals surface area contributed by atoms with E-state index < -0.39 is 0 Å². The summed E-state index contributed by atoms with van der Waals surface area (Å²) in [5, 5.41) is 6.37. The fraction of sp³-hybridized carbons (Fsp3) is 0.357. The van der Waals surface area contributed by atoms with Crippen LogP contribution < -0.4 is 10.1 Å². The van der Waals surface area contributed by atoms with E-state index in [4.69, 9.17) is 9.26 Å². The Kier molecular flexibility index (Phi) is 3.37. The molecule has 6 heteroatoms. The number of anilines is 1. The zero-order chi connectivity index (χ0) is 13.9. The maximum absolute atomic E-state index is 12.0. The first-order chi connectivity index (χ1) is 9.70. The highest BCUT2D eigenvalue weighted by atomic mass is 16.5. The van der Waals surface area contributed by atoms with Gasteiger partial charge in [0.25, 0.3) is 5.91 Å². The average molecular weight is 273 g/mol. The molecule has 0 spiro atoms. The number of pyridine rings is 1. The minimum Gasteiger partial charge on any atom is -0.477 e. The lowest BCUT2D eigenvalue weighted by Crippen LogP contribution is -2.12. The van der Waals surface area contributed by atoms with Crippen LogP contribution in [0.5, 0.6) is 5.88 Å². The number of nitrogens with zero attached hydrogens (tertiary/aromatic N) is 2. The van der Waals surface area contributed by atoms with Gasteiger partial charge in [-0.25, -0.2) is 4.98 Å². The summed E-state index contributed by atoms with van der Waals surface area (Å²) in [5.41, 5.74) is 0.478. The summed E-state index contributed by atoms with van der Waals surface area (Å²) in [5.74, 6) is 1.89. The van der Waals surface area contributed by atoms with Gasteiger partial charge in [0.2, 0.25) is 5.88 Å². The van der Waals surface area contributed by atoms with Crippen LogP contribution in [0, 0.1) is 12.8 Å². The molecule has 1 N–H and O–H groups in total. The molecule has 2 aromatic rings. The van der Waals surface area contributed by atoms with E-state index in [1.165, 1.54) is 12.8 Å². The van der Waals surface area contributed by atoms with Crippen LogP contribution in [0.1, 0.15) is 29.0 Å². The van der Waals surface area contributed by atoms with Crippen molar-refractivity contribution < 1.29 is 14.1 Å². The number of aryl methyl sites for hydroxylation is 1. The molecule has 20 heavy (non-hydrogen) atoms. The van der Waals surface area contributed by atoms with Crippen molar-refractivity contribution in [3.8, 4) is 5.88 Å². The normalized spacial score (nSPS) is 14.1. The summed E-state index contributed by atoms with van der Waals surface area (Å²) in [6.07, 6.45) is 3.99. The van der Waals surface area contributed by atoms with Crippen LogP contribution in [-0.4, -0.2) is 22.7 Å². The van der Waals surface area contributed by atoms with Crippen LogP contribution in [0.3, 0.4) is 0 Å². The van der Waals surface area contributed by atoms with E-state index in [1.807, 2.05) is 0 Å². The third-order valence-electron chi connectivity index (χ3n) is 3.03. The first-order valence-corrected chi connectivity index (χ1v) is 6.54. The number of carbonyl (C=O) groups excluding carboxylic acids is 1. The lowest BCUT2D eigenvalue weighted by Gasteiger charge is -2.06. The molecular weight excluding hydrogens is 258 g/mol. The molecule has 0 aromatic carbocycles. The lowest BCUT2D eigenvalue weighted by molar-refractivity contribution is 0.102. The van der Waals surface area contributed by atoms with Crippen molar-refractivity contribution in [1.82, 2.24) is 10.1 Å². The number of hydrogen-bond acceptors (Lipinski definition) is 5. The van der Waals surface area contributed by atoms with Crippen LogP contribution in [0.25, 0.3) is 0 Å². The van der Waals surface area contributed by atoms with Crippen molar-refractivity contribution in [2.75, 3.05) is 11.9 Å². The van der Waals surface area contributed by atoms with Crippen LogP contribution in [0.4, 0.5) is 5.82 Å². The minimum absolute atomic E-state index is 0.267. The van der Waals surface area contributed by atoms with E-state index in [1.54, 1.807) is 31.3 Å². The summed E-state index contributed by atoms with van der Waals surface area (Å²) in [6.45, 7) is 2.43.